The highest BCUT2D eigenvalue weighted by Gasteiger charge is 2.43. The summed E-state index contributed by atoms with van der Waals surface area (Å²) in [6.45, 7) is 2.18. The van der Waals surface area contributed by atoms with Crippen molar-refractivity contribution in [2.45, 2.75) is 82.7 Å². The molecule has 178 valence electrons. The monoisotopic (exact) mass is 446 g/mol. The van der Waals surface area contributed by atoms with Gasteiger partial charge >= 0.3 is 5.97 Å². The van der Waals surface area contributed by atoms with E-state index >= 15 is 0 Å². The molecule has 0 amide bonds. The molecule has 1 aliphatic heterocycles. The summed E-state index contributed by atoms with van der Waals surface area (Å²) in [5, 5.41) is 30.4. The molecule has 32 heavy (non-hydrogen) atoms. The number of aliphatic carboxylic acids is 1. The summed E-state index contributed by atoms with van der Waals surface area (Å²) in [5.41, 5.74) is 0. The van der Waals surface area contributed by atoms with Crippen LogP contribution >= 0.6 is 0 Å². The van der Waals surface area contributed by atoms with Crippen molar-refractivity contribution in [1.29, 1.82) is 0 Å². The summed E-state index contributed by atoms with van der Waals surface area (Å²) in [4.78, 5) is 11.4. The number of ether oxygens (including phenoxy) is 2. The van der Waals surface area contributed by atoms with Crippen LogP contribution in [0, 0.1) is 17.8 Å². The maximum absolute atomic E-state index is 11.4. The number of benzene rings is 1. The van der Waals surface area contributed by atoms with Crippen molar-refractivity contribution in [2.24, 2.45) is 17.8 Å². The van der Waals surface area contributed by atoms with Crippen molar-refractivity contribution in [3.05, 3.63) is 42.5 Å². The summed E-state index contributed by atoms with van der Waals surface area (Å²) in [5.74, 6) is -0.119. The van der Waals surface area contributed by atoms with E-state index in [0.717, 1.165) is 32.1 Å². The minimum absolute atomic E-state index is 0.0145. The van der Waals surface area contributed by atoms with Gasteiger partial charge in [-0.2, -0.15) is 0 Å². The molecule has 1 aliphatic carbocycles. The van der Waals surface area contributed by atoms with Gasteiger partial charge in [0.05, 0.1) is 24.2 Å². The number of para-hydroxylation sites is 1. The maximum Gasteiger partial charge on any atom is 0.306 e. The average Bonchev–Trinajstić information content (AvgIpc) is 2.93. The van der Waals surface area contributed by atoms with Gasteiger partial charge in [-0.3, -0.25) is 4.79 Å². The van der Waals surface area contributed by atoms with Crippen LogP contribution in [0.4, 0.5) is 0 Å². The number of carboxylic acids is 1. The molecule has 7 atom stereocenters. The van der Waals surface area contributed by atoms with Crippen LogP contribution in [0.2, 0.25) is 0 Å². The van der Waals surface area contributed by atoms with Gasteiger partial charge in [0, 0.05) is 12.3 Å². The standard InChI is InChI=1S/C26H38O6/c1-2-7-18(26(29)30)12-14-21-10-6-11-23-22(24(28)16-25(23)32-21)15-13-19(27)17-31-20-8-4-3-5-9-20/h3-5,8-9,13,15,18-19,21-25,27-28H,2,6-7,10-12,14,16-17H2,1H3,(H,29,30)/b15-13+/t18?,19-,21+,22-,23-,24-,25+/m1/s1. The zero-order valence-electron chi connectivity index (χ0n) is 19.0. The van der Waals surface area contributed by atoms with Crippen molar-refractivity contribution >= 4 is 5.97 Å². The van der Waals surface area contributed by atoms with E-state index in [1.54, 1.807) is 6.08 Å². The third-order valence-corrected chi connectivity index (χ3v) is 6.86. The van der Waals surface area contributed by atoms with Crippen molar-refractivity contribution in [2.75, 3.05) is 6.61 Å². The van der Waals surface area contributed by atoms with Crippen LogP contribution in [-0.2, 0) is 9.53 Å². The summed E-state index contributed by atoms with van der Waals surface area (Å²) in [6, 6.07) is 9.38. The molecule has 0 radical (unpaired) electrons. The van der Waals surface area contributed by atoms with Gasteiger partial charge in [-0.25, -0.2) is 0 Å². The summed E-state index contributed by atoms with van der Waals surface area (Å²) >= 11 is 0. The number of aliphatic hydroxyl groups is 2. The molecular formula is C26H38O6. The van der Waals surface area contributed by atoms with E-state index in [1.165, 1.54) is 0 Å². The van der Waals surface area contributed by atoms with Gasteiger partial charge in [-0.05, 0) is 50.2 Å². The van der Waals surface area contributed by atoms with Crippen LogP contribution in [0.5, 0.6) is 5.75 Å². The number of fused-ring (bicyclic) bond motifs is 1. The van der Waals surface area contributed by atoms with Crippen LogP contribution in [0.25, 0.3) is 0 Å². The summed E-state index contributed by atoms with van der Waals surface area (Å²) in [6.07, 6.45) is 8.95. The Balaban J connectivity index is 1.50. The highest BCUT2D eigenvalue weighted by atomic mass is 16.5. The molecule has 1 aromatic carbocycles. The maximum atomic E-state index is 11.4. The largest absolute Gasteiger partial charge is 0.491 e. The first-order valence-electron chi connectivity index (χ1n) is 12.1. The lowest BCUT2D eigenvalue weighted by Crippen LogP contribution is -2.25. The third-order valence-electron chi connectivity index (χ3n) is 6.86. The summed E-state index contributed by atoms with van der Waals surface area (Å²) in [7, 11) is 0. The lowest BCUT2D eigenvalue weighted by atomic mass is 9.88. The van der Waals surface area contributed by atoms with Gasteiger partial charge in [0.15, 0.2) is 0 Å². The quantitative estimate of drug-likeness (QED) is 0.441. The molecule has 2 aliphatic rings. The number of hydrogen-bond acceptors (Lipinski definition) is 5. The van der Waals surface area contributed by atoms with Crippen molar-refractivity contribution < 1.29 is 29.6 Å². The Bertz CT molecular complexity index is 720. The Morgan fingerprint density at radius 1 is 1.25 bits per heavy atom. The van der Waals surface area contributed by atoms with Gasteiger partial charge in [0.2, 0.25) is 0 Å². The van der Waals surface area contributed by atoms with Gasteiger partial charge < -0.3 is 24.8 Å². The SMILES string of the molecule is CCCC(CC[C@@H]1CCC[C@@H]2[C@@H](/C=C/[C@@H](O)COc3ccccc3)[C@H](O)C[C@@H]2O1)C(=O)O. The van der Waals surface area contributed by atoms with Gasteiger partial charge in [-0.15, -0.1) is 0 Å². The zero-order valence-corrected chi connectivity index (χ0v) is 19.0. The number of hydrogen-bond donors (Lipinski definition) is 3. The number of aliphatic hydroxyl groups excluding tert-OH is 2. The molecular weight excluding hydrogens is 408 g/mol. The normalized spacial score (nSPS) is 29.9. The molecule has 0 spiro atoms. The first-order valence-corrected chi connectivity index (χ1v) is 12.1. The van der Waals surface area contributed by atoms with E-state index in [1.807, 2.05) is 43.3 Å². The molecule has 3 N–H and O–H groups in total. The second-order valence-corrected chi connectivity index (χ2v) is 9.25. The van der Waals surface area contributed by atoms with Crippen LogP contribution in [0.15, 0.2) is 42.5 Å². The second kappa shape index (κ2) is 12.4. The predicted molar refractivity (Wildman–Crippen MR) is 122 cm³/mol. The van der Waals surface area contributed by atoms with Gasteiger partial charge in [0.25, 0.3) is 0 Å². The average molecular weight is 447 g/mol. The molecule has 1 aromatic rings. The number of rotatable bonds is 11. The zero-order chi connectivity index (χ0) is 22.9. The Labute approximate surface area is 191 Å². The topological polar surface area (TPSA) is 96.2 Å². The first-order chi connectivity index (χ1) is 15.5. The van der Waals surface area contributed by atoms with E-state index in [9.17, 15) is 20.1 Å². The highest BCUT2D eigenvalue weighted by molar-refractivity contribution is 5.69. The Morgan fingerprint density at radius 3 is 2.75 bits per heavy atom. The molecule has 1 saturated heterocycles. The van der Waals surface area contributed by atoms with Crippen LogP contribution in [0.1, 0.15) is 58.3 Å². The molecule has 6 heteroatoms. The fraction of sp³-hybridized carbons (Fsp3) is 0.654. The van der Waals surface area contributed by atoms with Gasteiger partial charge in [0.1, 0.15) is 18.5 Å². The molecule has 0 aromatic heterocycles. The van der Waals surface area contributed by atoms with E-state index in [-0.39, 0.29) is 36.6 Å². The molecule has 2 fully saturated rings. The van der Waals surface area contributed by atoms with E-state index < -0.39 is 18.2 Å². The lowest BCUT2D eigenvalue weighted by molar-refractivity contribution is -0.142. The van der Waals surface area contributed by atoms with Crippen LogP contribution in [-0.4, -0.2) is 52.3 Å². The molecule has 1 saturated carbocycles. The highest BCUT2D eigenvalue weighted by Crippen LogP contribution is 2.42. The lowest BCUT2D eigenvalue weighted by Gasteiger charge is -2.24. The van der Waals surface area contributed by atoms with Crippen LogP contribution in [0.3, 0.4) is 0 Å². The van der Waals surface area contributed by atoms with Crippen molar-refractivity contribution in [3.63, 3.8) is 0 Å². The number of carboxylic acid groups (broad SMARTS) is 1. The van der Waals surface area contributed by atoms with Crippen molar-refractivity contribution in [1.82, 2.24) is 0 Å². The fourth-order valence-corrected chi connectivity index (χ4v) is 5.16. The Morgan fingerprint density at radius 2 is 2.03 bits per heavy atom. The molecule has 1 heterocycles. The van der Waals surface area contributed by atoms with E-state index in [4.69, 9.17) is 9.47 Å². The molecule has 1 unspecified atom stereocenters. The van der Waals surface area contributed by atoms with E-state index in [0.29, 0.717) is 25.0 Å². The van der Waals surface area contributed by atoms with E-state index in [2.05, 4.69) is 0 Å². The minimum atomic E-state index is -0.743. The number of carbonyl (C=O) groups is 1. The second-order valence-electron chi connectivity index (χ2n) is 9.25. The Hall–Kier alpha value is -1.89. The molecule has 6 nitrogen and oxygen atoms in total. The van der Waals surface area contributed by atoms with Gasteiger partial charge in [-0.1, -0.05) is 50.1 Å². The third kappa shape index (κ3) is 7.06. The molecule has 3 rings (SSSR count). The Kier molecular flexibility index (Phi) is 9.57. The summed E-state index contributed by atoms with van der Waals surface area (Å²) < 4.78 is 12.0. The smallest absolute Gasteiger partial charge is 0.306 e. The van der Waals surface area contributed by atoms with Crippen LogP contribution < -0.4 is 4.74 Å². The minimum Gasteiger partial charge on any atom is -0.491 e. The molecule has 0 bridgehead atoms. The fourth-order valence-electron chi connectivity index (χ4n) is 5.16. The first kappa shape index (κ1) is 24.7. The van der Waals surface area contributed by atoms with Crippen molar-refractivity contribution in [3.8, 4) is 5.75 Å². The predicted octanol–water partition coefficient (Wildman–Crippen LogP) is 4.20.